The zero-order chi connectivity index (χ0) is 17.6. The van der Waals surface area contributed by atoms with Crippen molar-refractivity contribution < 1.29 is 4.74 Å². The first-order valence-corrected chi connectivity index (χ1v) is 11.4. The average molecular weight is 348 g/mol. The molecule has 0 amide bonds. The largest absolute Gasteiger partial charge is 0.478 e. The fourth-order valence-corrected chi connectivity index (χ4v) is 5.44. The fourth-order valence-electron chi connectivity index (χ4n) is 5.44. The molecule has 0 spiro atoms. The van der Waals surface area contributed by atoms with E-state index in [0.717, 1.165) is 30.3 Å². The van der Waals surface area contributed by atoms with E-state index in [1.165, 1.54) is 77.0 Å². The maximum absolute atomic E-state index is 5.96. The van der Waals surface area contributed by atoms with E-state index in [9.17, 15) is 0 Å². The van der Waals surface area contributed by atoms with Crippen LogP contribution in [0, 0.1) is 29.6 Å². The van der Waals surface area contributed by atoms with Crippen molar-refractivity contribution in [3.05, 3.63) is 0 Å². The zero-order valence-corrected chi connectivity index (χ0v) is 17.0. The molecule has 2 fully saturated rings. The molecular formula is C23H41NO. The Bertz CT molecular complexity index is 414. The van der Waals surface area contributed by atoms with E-state index in [4.69, 9.17) is 9.73 Å². The van der Waals surface area contributed by atoms with Crippen molar-refractivity contribution in [2.75, 3.05) is 6.61 Å². The van der Waals surface area contributed by atoms with Gasteiger partial charge in [-0.25, -0.2) is 4.99 Å². The average Bonchev–Trinajstić information content (AvgIpc) is 3.13. The molecule has 1 aliphatic heterocycles. The molecular weight excluding hydrogens is 306 g/mol. The quantitative estimate of drug-likeness (QED) is 0.473. The Kier molecular flexibility index (Phi) is 7.25. The monoisotopic (exact) mass is 347 g/mol. The van der Waals surface area contributed by atoms with Crippen molar-refractivity contribution in [1.82, 2.24) is 0 Å². The molecule has 2 aliphatic carbocycles. The van der Waals surface area contributed by atoms with Crippen LogP contribution in [0.25, 0.3) is 0 Å². The zero-order valence-electron chi connectivity index (χ0n) is 17.0. The third kappa shape index (κ3) is 5.23. The highest BCUT2D eigenvalue weighted by molar-refractivity contribution is 5.80. The molecule has 1 atom stereocenters. The summed E-state index contributed by atoms with van der Waals surface area (Å²) in [5, 5.41) is 0. The molecule has 0 radical (unpaired) electrons. The summed E-state index contributed by atoms with van der Waals surface area (Å²) in [6.45, 7) is 7.67. The lowest BCUT2D eigenvalue weighted by Gasteiger charge is -2.37. The number of unbranched alkanes of at least 4 members (excludes halogenated alkanes) is 2. The van der Waals surface area contributed by atoms with Crippen LogP contribution in [0.2, 0.25) is 0 Å². The van der Waals surface area contributed by atoms with Crippen LogP contribution in [0.4, 0.5) is 0 Å². The van der Waals surface area contributed by atoms with Gasteiger partial charge in [-0.15, -0.1) is 0 Å². The van der Waals surface area contributed by atoms with Gasteiger partial charge in [-0.1, -0.05) is 59.3 Å². The number of hydrogen-bond acceptors (Lipinski definition) is 2. The van der Waals surface area contributed by atoms with Gasteiger partial charge in [-0.3, -0.25) is 0 Å². The van der Waals surface area contributed by atoms with E-state index in [0.29, 0.717) is 17.9 Å². The maximum Gasteiger partial charge on any atom is 0.186 e. The third-order valence-electron chi connectivity index (χ3n) is 7.36. The standard InChI is InChI=1S/C23H41NO/c1-4-5-6-7-18-8-10-19(11-9-18)20-12-14-21(15-13-20)23-24-22(16-25-23)17(2)3/h17-22H,4-16H2,1-3H3. The number of nitrogens with zero attached hydrogens (tertiary/aromatic N) is 1. The molecule has 1 heterocycles. The highest BCUT2D eigenvalue weighted by Crippen LogP contribution is 2.43. The van der Waals surface area contributed by atoms with Gasteiger partial charge in [-0.05, 0) is 62.2 Å². The molecule has 0 bridgehead atoms. The van der Waals surface area contributed by atoms with Gasteiger partial charge >= 0.3 is 0 Å². The number of hydrogen-bond donors (Lipinski definition) is 0. The van der Waals surface area contributed by atoms with Crippen LogP contribution in [0.3, 0.4) is 0 Å². The molecule has 144 valence electrons. The van der Waals surface area contributed by atoms with Crippen molar-refractivity contribution in [1.29, 1.82) is 0 Å². The Labute approximate surface area is 156 Å². The van der Waals surface area contributed by atoms with E-state index in [1.54, 1.807) is 0 Å². The van der Waals surface area contributed by atoms with Gasteiger partial charge in [0.2, 0.25) is 0 Å². The first kappa shape index (κ1) is 19.2. The van der Waals surface area contributed by atoms with Crippen LogP contribution in [0.15, 0.2) is 4.99 Å². The third-order valence-corrected chi connectivity index (χ3v) is 7.36. The van der Waals surface area contributed by atoms with Crippen molar-refractivity contribution in [2.45, 2.75) is 104 Å². The highest BCUT2D eigenvalue weighted by atomic mass is 16.5. The van der Waals surface area contributed by atoms with Gasteiger partial charge in [0.25, 0.3) is 0 Å². The molecule has 3 rings (SSSR count). The van der Waals surface area contributed by atoms with Crippen molar-refractivity contribution in [2.24, 2.45) is 34.6 Å². The van der Waals surface area contributed by atoms with Gasteiger partial charge in [-0.2, -0.15) is 0 Å². The Morgan fingerprint density at radius 3 is 2.12 bits per heavy atom. The Morgan fingerprint density at radius 1 is 0.920 bits per heavy atom. The van der Waals surface area contributed by atoms with Crippen LogP contribution in [-0.4, -0.2) is 18.5 Å². The summed E-state index contributed by atoms with van der Waals surface area (Å²) in [5.74, 6) is 5.42. The lowest BCUT2D eigenvalue weighted by Crippen LogP contribution is -2.28. The van der Waals surface area contributed by atoms with Crippen molar-refractivity contribution >= 4 is 5.90 Å². The topological polar surface area (TPSA) is 21.6 Å². The molecule has 2 nitrogen and oxygen atoms in total. The van der Waals surface area contributed by atoms with E-state index in [2.05, 4.69) is 20.8 Å². The second-order valence-electron chi connectivity index (χ2n) is 9.48. The summed E-state index contributed by atoms with van der Waals surface area (Å²) in [7, 11) is 0. The molecule has 0 aromatic heterocycles. The first-order chi connectivity index (χ1) is 12.2. The molecule has 0 aromatic rings. The number of ether oxygens (including phenoxy) is 1. The van der Waals surface area contributed by atoms with Crippen molar-refractivity contribution in [3.63, 3.8) is 0 Å². The second-order valence-corrected chi connectivity index (χ2v) is 9.48. The molecule has 0 saturated heterocycles. The predicted octanol–water partition coefficient (Wildman–Crippen LogP) is 6.63. The molecule has 0 N–H and O–H groups in total. The Balaban J connectivity index is 1.38. The predicted molar refractivity (Wildman–Crippen MR) is 107 cm³/mol. The van der Waals surface area contributed by atoms with Crippen LogP contribution >= 0.6 is 0 Å². The normalized spacial score (nSPS) is 36.3. The highest BCUT2D eigenvalue weighted by Gasteiger charge is 2.34. The summed E-state index contributed by atoms with van der Waals surface area (Å²) < 4.78 is 5.96. The van der Waals surface area contributed by atoms with E-state index in [1.807, 2.05) is 0 Å². The SMILES string of the molecule is CCCCCC1CCC(C2CCC(C3=NC(C(C)C)CO3)CC2)CC1. The Hall–Kier alpha value is -0.530. The summed E-state index contributed by atoms with van der Waals surface area (Å²) in [6.07, 6.45) is 17.3. The van der Waals surface area contributed by atoms with E-state index < -0.39 is 0 Å². The second kappa shape index (κ2) is 9.42. The van der Waals surface area contributed by atoms with Crippen LogP contribution < -0.4 is 0 Å². The molecule has 1 unspecified atom stereocenters. The summed E-state index contributed by atoms with van der Waals surface area (Å²) in [5.41, 5.74) is 0. The molecule has 25 heavy (non-hydrogen) atoms. The summed E-state index contributed by atoms with van der Waals surface area (Å²) in [4.78, 5) is 4.89. The van der Waals surface area contributed by atoms with Gasteiger partial charge in [0.1, 0.15) is 6.61 Å². The smallest absolute Gasteiger partial charge is 0.186 e. The Morgan fingerprint density at radius 2 is 1.56 bits per heavy atom. The first-order valence-electron chi connectivity index (χ1n) is 11.4. The van der Waals surface area contributed by atoms with Crippen molar-refractivity contribution in [3.8, 4) is 0 Å². The van der Waals surface area contributed by atoms with E-state index in [-0.39, 0.29) is 0 Å². The van der Waals surface area contributed by atoms with E-state index >= 15 is 0 Å². The molecule has 0 aromatic carbocycles. The minimum atomic E-state index is 0.413. The lowest BCUT2D eigenvalue weighted by atomic mass is 9.68. The van der Waals surface area contributed by atoms with Gasteiger partial charge in [0.15, 0.2) is 5.90 Å². The molecule has 2 saturated carbocycles. The molecule has 2 heteroatoms. The minimum absolute atomic E-state index is 0.413. The van der Waals surface area contributed by atoms with Crippen LogP contribution in [-0.2, 0) is 4.74 Å². The summed E-state index contributed by atoms with van der Waals surface area (Å²) >= 11 is 0. The van der Waals surface area contributed by atoms with Gasteiger partial charge in [0.05, 0.1) is 6.04 Å². The fraction of sp³-hybridized carbons (Fsp3) is 0.957. The van der Waals surface area contributed by atoms with Gasteiger partial charge < -0.3 is 4.74 Å². The minimum Gasteiger partial charge on any atom is -0.478 e. The van der Waals surface area contributed by atoms with Crippen LogP contribution in [0.1, 0.15) is 97.8 Å². The van der Waals surface area contributed by atoms with Gasteiger partial charge in [0, 0.05) is 5.92 Å². The lowest BCUT2D eigenvalue weighted by molar-refractivity contribution is 0.149. The number of aliphatic imine (C=N–C) groups is 1. The molecule has 3 aliphatic rings. The van der Waals surface area contributed by atoms with Crippen LogP contribution in [0.5, 0.6) is 0 Å². The number of rotatable bonds is 7. The maximum atomic E-state index is 5.96. The summed E-state index contributed by atoms with van der Waals surface area (Å²) in [6, 6.07) is 0.413.